The molecular weight excluding hydrogens is 257 g/mol. The summed E-state index contributed by atoms with van der Waals surface area (Å²) >= 11 is 14.9. The van der Waals surface area contributed by atoms with Gasteiger partial charge >= 0.3 is 0 Å². The predicted molar refractivity (Wildman–Crippen MR) is 64.7 cm³/mol. The van der Waals surface area contributed by atoms with E-state index in [1.54, 1.807) is 11.3 Å². The second-order valence-electron chi connectivity index (χ2n) is 2.75. The molecule has 0 aliphatic rings. The van der Waals surface area contributed by atoms with E-state index >= 15 is 0 Å². The van der Waals surface area contributed by atoms with Crippen LogP contribution < -0.4 is 5.73 Å². The van der Waals surface area contributed by atoms with E-state index in [4.69, 9.17) is 28.9 Å². The third kappa shape index (κ3) is 1.97. The zero-order valence-corrected chi connectivity index (χ0v) is 10.2. The highest BCUT2D eigenvalue weighted by Crippen LogP contribution is 2.35. The van der Waals surface area contributed by atoms with E-state index in [0.29, 0.717) is 0 Å². The molecular formula is C9H7Cl2NS2. The third-order valence-corrected chi connectivity index (χ3v) is 4.58. The highest BCUT2D eigenvalue weighted by molar-refractivity contribution is 7.16. The SMILES string of the molecule is NC(c1ccc(Cl)s1)c1sccc1Cl. The van der Waals surface area contributed by atoms with Crippen molar-refractivity contribution in [2.75, 3.05) is 0 Å². The lowest BCUT2D eigenvalue weighted by molar-refractivity contribution is 0.918. The van der Waals surface area contributed by atoms with Crippen LogP contribution in [0.25, 0.3) is 0 Å². The summed E-state index contributed by atoms with van der Waals surface area (Å²) in [5.74, 6) is 0. The van der Waals surface area contributed by atoms with E-state index in [1.165, 1.54) is 11.3 Å². The number of rotatable bonds is 2. The van der Waals surface area contributed by atoms with Crippen LogP contribution in [0.1, 0.15) is 15.8 Å². The van der Waals surface area contributed by atoms with Gasteiger partial charge in [-0.25, -0.2) is 0 Å². The van der Waals surface area contributed by atoms with Gasteiger partial charge in [0.05, 0.1) is 15.4 Å². The summed E-state index contributed by atoms with van der Waals surface area (Å²) in [5, 5.41) is 2.67. The van der Waals surface area contributed by atoms with Crippen LogP contribution in [0.2, 0.25) is 9.36 Å². The van der Waals surface area contributed by atoms with Crippen LogP contribution >= 0.6 is 45.9 Å². The Labute approximate surface area is 100 Å². The lowest BCUT2D eigenvalue weighted by atomic mass is 10.2. The first kappa shape index (κ1) is 10.5. The van der Waals surface area contributed by atoms with Crippen LogP contribution in [-0.4, -0.2) is 0 Å². The molecule has 14 heavy (non-hydrogen) atoms. The second kappa shape index (κ2) is 4.21. The summed E-state index contributed by atoms with van der Waals surface area (Å²) in [6.07, 6.45) is 0. The Bertz CT molecular complexity index is 435. The number of hydrogen-bond acceptors (Lipinski definition) is 3. The average Bonchev–Trinajstić information content (AvgIpc) is 2.73. The summed E-state index contributed by atoms with van der Waals surface area (Å²) in [6, 6.07) is 5.49. The predicted octanol–water partition coefficient (Wildman–Crippen LogP) is 4.16. The number of hydrogen-bond donors (Lipinski definition) is 1. The van der Waals surface area contributed by atoms with Crippen molar-refractivity contribution < 1.29 is 0 Å². The van der Waals surface area contributed by atoms with Crippen molar-refractivity contribution in [3.63, 3.8) is 0 Å². The third-order valence-electron chi connectivity index (χ3n) is 1.83. The monoisotopic (exact) mass is 263 g/mol. The molecule has 0 fully saturated rings. The van der Waals surface area contributed by atoms with Gasteiger partial charge in [0.25, 0.3) is 0 Å². The number of nitrogens with two attached hydrogens (primary N) is 1. The van der Waals surface area contributed by atoms with Crippen molar-refractivity contribution in [1.82, 2.24) is 0 Å². The summed E-state index contributed by atoms with van der Waals surface area (Å²) in [5.41, 5.74) is 6.05. The van der Waals surface area contributed by atoms with Crippen LogP contribution in [0, 0.1) is 0 Å². The first-order valence-corrected chi connectivity index (χ1v) is 6.37. The van der Waals surface area contributed by atoms with Gasteiger partial charge in [-0.15, -0.1) is 22.7 Å². The Morgan fingerprint density at radius 3 is 2.50 bits per heavy atom. The van der Waals surface area contributed by atoms with Crippen LogP contribution in [0.3, 0.4) is 0 Å². The Hall–Kier alpha value is -0.0600. The van der Waals surface area contributed by atoms with E-state index in [2.05, 4.69) is 0 Å². The smallest absolute Gasteiger partial charge is 0.0931 e. The van der Waals surface area contributed by atoms with E-state index in [-0.39, 0.29) is 6.04 Å². The maximum absolute atomic E-state index is 6.05. The normalized spacial score (nSPS) is 13.1. The van der Waals surface area contributed by atoms with Gasteiger partial charge in [-0.2, -0.15) is 0 Å². The number of thiophene rings is 2. The van der Waals surface area contributed by atoms with Gasteiger partial charge in [0.15, 0.2) is 0 Å². The zero-order chi connectivity index (χ0) is 10.1. The fraction of sp³-hybridized carbons (Fsp3) is 0.111. The molecule has 0 aromatic carbocycles. The highest BCUT2D eigenvalue weighted by Gasteiger charge is 2.15. The van der Waals surface area contributed by atoms with Crippen LogP contribution in [0.4, 0.5) is 0 Å². The van der Waals surface area contributed by atoms with E-state index in [0.717, 1.165) is 19.1 Å². The standard InChI is InChI=1S/C9H7Cl2NS2/c10-5-3-4-13-9(5)8(12)6-1-2-7(11)14-6/h1-4,8H,12H2. The van der Waals surface area contributed by atoms with Crippen molar-refractivity contribution >= 4 is 45.9 Å². The Balaban J connectivity index is 2.33. The minimum absolute atomic E-state index is 0.153. The van der Waals surface area contributed by atoms with Crippen molar-refractivity contribution in [3.8, 4) is 0 Å². The minimum Gasteiger partial charge on any atom is -0.319 e. The molecule has 0 saturated heterocycles. The maximum Gasteiger partial charge on any atom is 0.0931 e. The van der Waals surface area contributed by atoms with Crippen LogP contribution in [0.5, 0.6) is 0 Å². The Kier molecular flexibility index (Phi) is 3.14. The molecule has 1 nitrogen and oxygen atoms in total. The molecule has 2 rings (SSSR count). The van der Waals surface area contributed by atoms with Gasteiger partial charge in [0, 0.05) is 9.75 Å². The van der Waals surface area contributed by atoms with Crippen LogP contribution in [0.15, 0.2) is 23.6 Å². The quantitative estimate of drug-likeness (QED) is 0.865. The van der Waals surface area contributed by atoms with E-state index in [9.17, 15) is 0 Å². The van der Waals surface area contributed by atoms with Gasteiger partial charge < -0.3 is 5.73 Å². The lowest BCUT2D eigenvalue weighted by Gasteiger charge is -2.06. The van der Waals surface area contributed by atoms with Gasteiger partial charge in [-0.3, -0.25) is 0 Å². The van der Waals surface area contributed by atoms with Gasteiger partial charge in [-0.05, 0) is 23.6 Å². The molecule has 0 aliphatic heterocycles. The van der Waals surface area contributed by atoms with Gasteiger partial charge in [-0.1, -0.05) is 23.2 Å². The lowest BCUT2D eigenvalue weighted by Crippen LogP contribution is -2.08. The zero-order valence-electron chi connectivity index (χ0n) is 7.04. The van der Waals surface area contributed by atoms with Crippen molar-refractivity contribution in [1.29, 1.82) is 0 Å². The first-order chi connectivity index (χ1) is 6.68. The van der Waals surface area contributed by atoms with Gasteiger partial charge in [0.1, 0.15) is 0 Å². The molecule has 2 aromatic rings. The molecule has 2 N–H and O–H groups in total. The molecule has 1 atom stereocenters. The fourth-order valence-electron chi connectivity index (χ4n) is 1.15. The Morgan fingerprint density at radius 1 is 1.21 bits per heavy atom. The molecule has 0 saturated carbocycles. The van der Waals surface area contributed by atoms with Crippen molar-refractivity contribution in [2.45, 2.75) is 6.04 Å². The van der Waals surface area contributed by atoms with Crippen molar-refractivity contribution in [2.24, 2.45) is 5.73 Å². The number of halogens is 2. The van der Waals surface area contributed by atoms with Crippen molar-refractivity contribution in [3.05, 3.63) is 42.7 Å². The summed E-state index contributed by atoms with van der Waals surface area (Å²) in [6.45, 7) is 0. The molecule has 2 heterocycles. The first-order valence-electron chi connectivity index (χ1n) is 3.92. The molecule has 2 aromatic heterocycles. The molecule has 0 radical (unpaired) electrons. The molecule has 0 bridgehead atoms. The minimum atomic E-state index is -0.153. The largest absolute Gasteiger partial charge is 0.319 e. The summed E-state index contributed by atoms with van der Waals surface area (Å²) < 4.78 is 0.753. The van der Waals surface area contributed by atoms with E-state index < -0.39 is 0 Å². The Morgan fingerprint density at radius 2 is 2.00 bits per heavy atom. The molecule has 1 unspecified atom stereocenters. The molecule has 74 valence electrons. The van der Waals surface area contributed by atoms with Crippen LogP contribution in [-0.2, 0) is 0 Å². The van der Waals surface area contributed by atoms with Gasteiger partial charge in [0.2, 0.25) is 0 Å². The fourth-order valence-corrected chi connectivity index (χ4v) is 3.49. The summed E-state index contributed by atoms with van der Waals surface area (Å²) in [7, 11) is 0. The summed E-state index contributed by atoms with van der Waals surface area (Å²) in [4.78, 5) is 2.03. The second-order valence-corrected chi connectivity index (χ2v) is 5.85. The highest BCUT2D eigenvalue weighted by atomic mass is 35.5. The molecule has 0 aliphatic carbocycles. The average molecular weight is 264 g/mol. The maximum atomic E-state index is 6.05. The molecule has 5 heteroatoms. The molecule has 0 amide bonds. The molecule has 0 spiro atoms. The topological polar surface area (TPSA) is 26.0 Å². The van der Waals surface area contributed by atoms with E-state index in [1.807, 2.05) is 23.6 Å².